The van der Waals surface area contributed by atoms with Crippen molar-refractivity contribution < 1.29 is 23.1 Å². The summed E-state index contributed by atoms with van der Waals surface area (Å²) in [7, 11) is 0. The summed E-state index contributed by atoms with van der Waals surface area (Å²) in [6, 6.07) is 10.5. The molecule has 0 aliphatic carbocycles. The Morgan fingerprint density at radius 2 is 1.78 bits per heavy atom. The van der Waals surface area contributed by atoms with Crippen molar-refractivity contribution in [3.63, 3.8) is 0 Å². The molecule has 0 saturated carbocycles. The third-order valence-electron chi connectivity index (χ3n) is 2.65. The van der Waals surface area contributed by atoms with Crippen LogP contribution in [0.25, 0.3) is 0 Å². The quantitative estimate of drug-likeness (QED) is 0.887. The Labute approximate surface area is 135 Å². The lowest BCUT2D eigenvalue weighted by atomic mass is 10.2. The highest BCUT2D eigenvalue weighted by atomic mass is 35.5. The lowest BCUT2D eigenvalue weighted by molar-refractivity contribution is -0.0498. The summed E-state index contributed by atoms with van der Waals surface area (Å²) >= 11 is 5.70. The maximum Gasteiger partial charge on any atom is 0.387 e. The Morgan fingerprint density at radius 3 is 2.43 bits per heavy atom. The number of imide groups is 1. The number of rotatable bonds is 4. The molecule has 2 aromatic rings. The maximum absolute atomic E-state index is 12.1. The van der Waals surface area contributed by atoms with E-state index in [2.05, 4.69) is 15.4 Å². The van der Waals surface area contributed by atoms with Gasteiger partial charge in [-0.2, -0.15) is 8.78 Å². The van der Waals surface area contributed by atoms with Gasteiger partial charge in [-0.3, -0.25) is 10.1 Å². The molecule has 120 valence electrons. The normalized spacial score (nSPS) is 10.3. The van der Waals surface area contributed by atoms with Gasteiger partial charge in [-0.05, 0) is 36.4 Å². The summed E-state index contributed by atoms with van der Waals surface area (Å²) in [5, 5.41) is 4.91. The predicted octanol–water partition coefficient (Wildman–Crippen LogP) is 3.90. The van der Waals surface area contributed by atoms with Crippen molar-refractivity contribution in [2.45, 2.75) is 6.61 Å². The van der Waals surface area contributed by atoms with Crippen LogP contribution < -0.4 is 15.4 Å². The first kappa shape index (κ1) is 16.7. The zero-order valence-corrected chi connectivity index (χ0v) is 12.3. The van der Waals surface area contributed by atoms with Crippen LogP contribution in [0.15, 0.2) is 48.5 Å². The molecule has 2 N–H and O–H groups in total. The summed E-state index contributed by atoms with van der Waals surface area (Å²) in [4.78, 5) is 23.6. The zero-order chi connectivity index (χ0) is 16.8. The van der Waals surface area contributed by atoms with E-state index in [-0.39, 0.29) is 17.0 Å². The van der Waals surface area contributed by atoms with E-state index in [0.717, 1.165) is 0 Å². The molecule has 0 radical (unpaired) electrons. The number of carbonyl (C=O) groups excluding carboxylic acids is 2. The van der Waals surface area contributed by atoms with Crippen molar-refractivity contribution in [3.8, 4) is 5.75 Å². The first-order valence-corrected chi connectivity index (χ1v) is 6.74. The number of amides is 3. The van der Waals surface area contributed by atoms with Gasteiger partial charge < -0.3 is 10.1 Å². The van der Waals surface area contributed by atoms with Crippen LogP contribution in [-0.4, -0.2) is 18.5 Å². The van der Waals surface area contributed by atoms with Crippen LogP contribution in [0.2, 0.25) is 5.02 Å². The summed E-state index contributed by atoms with van der Waals surface area (Å²) in [5.74, 6) is -0.735. The van der Waals surface area contributed by atoms with Gasteiger partial charge in [-0.1, -0.05) is 17.7 Å². The fourth-order valence-electron chi connectivity index (χ4n) is 1.69. The van der Waals surface area contributed by atoms with E-state index >= 15 is 0 Å². The van der Waals surface area contributed by atoms with Crippen molar-refractivity contribution in [1.29, 1.82) is 0 Å². The monoisotopic (exact) mass is 340 g/mol. The van der Waals surface area contributed by atoms with Crippen LogP contribution in [0.1, 0.15) is 10.4 Å². The minimum absolute atomic E-state index is 0.109. The van der Waals surface area contributed by atoms with Crippen molar-refractivity contribution in [2.24, 2.45) is 0 Å². The van der Waals surface area contributed by atoms with Crippen LogP contribution in [0.5, 0.6) is 5.75 Å². The first-order chi connectivity index (χ1) is 10.9. The maximum atomic E-state index is 12.1. The van der Waals surface area contributed by atoms with Gasteiger partial charge in [-0.25, -0.2) is 4.79 Å². The molecule has 0 spiro atoms. The molecule has 0 aliphatic rings. The molecule has 0 heterocycles. The van der Waals surface area contributed by atoms with Crippen LogP contribution in [-0.2, 0) is 0 Å². The summed E-state index contributed by atoms with van der Waals surface area (Å²) in [6.07, 6.45) is 0. The summed E-state index contributed by atoms with van der Waals surface area (Å²) in [6.45, 7) is -2.97. The highest BCUT2D eigenvalue weighted by Gasteiger charge is 2.11. The molecule has 0 unspecified atom stereocenters. The SMILES string of the molecule is O=C(NC(=O)c1ccc(Cl)cc1)Nc1cccc(OC(F)F)c1. The van der Waals surface area contributed by atoms with Gasteiger partial charge in [0.2, 0.25) is 0 Å². The molecule has 0 aliphatic heterocycles. The van der Waals surface area contributed by atoms with Gasteiger partial charge >= 0.3 is 12.6 Å². The lowest BCUT2D eigenvalue weighted by Crippen LogP contribution is -2.34. The van der Waals surface area contributed by atoms with Crippen molar-refractivity contribution in [3.05, 3.63) is 59.1 Å². The van der Waals surface area contributed by atoms with Gasteiger partial charge in [-0.15, -0.1) is 0 Å². The smallest absolute Gasteiger partial charge is 0.387 e. The van der Waals surface area contributed by atoms with E-state index in [9.17, 15) is 18.4 Å². The van der Waals surface area contributed by atoms with Crippen molar-refractivity contribution in [2.75, 3.05) is 5.32 Å². The molecule has 0 bridgehead atoms. The van der Waals surface area contributed by atoms with Gasteiger partial charge in [0.25, 0.3) is 5.91 Å². The second kappa shape index (κ2) is 7.55. The van der Waals surface area contributed by atoms with E-state index in [1.807, 2.05) is 0 Å². The molecule has 23 heavy (non-hydrogen) atoms. The van der Waals surface area contributed by atoms with E-state index in [4.69, 9.17) is 11.6 Å². The number of ether oxygens (including phenoxy) is 1. The molecular weight excluding hydrogens is 330 g/mol. The van der Waals surface area contributed by atoms with E-state index in [1.165, 1.54) is 48.5 Å². The lowest BCUT2D eigenvalue weighted by Gasteiger charge is -2.09. The summed E-state index contributed by atoms with van der Waals surface area (Å²) in [5.41, 5.74) is 0.448. The molecule has 0 fully saturated rings. The number of alkyl halides is 2. The van der Waals surface area contributed by atoms with Crippen LogP contribution in [0.4, 0.5) is 19.3 Å². The molecule has 0 aromatic heterocycles. The second-order valence-corrected chi connectivity index (χ2v) is 4.76. The number of anilines is 1. The standard InChI is InChI=1S/C15H11ClF2N2O3/c16-10-6-4-9(5-7-10)13(21)20-15(22)19-11-2-1-3-12(8-11)23-14(17)18/h1-8,14H,(H2,19,20,21,22). The second-order valence-electron chi connectivity index (χ2n) is 4.32. The van der Waals surface area contributed by atoms with Crippen molar-refractivity contribution in [1.82, 2.24) is 5.32 Å². The fourth-order valence-corrected chi connectivity index (χ4v) is 1.81. The highest BCUT2D eigenvalue weighted by Crippen LogP contribution is 2.19. The highest BCUT2D eigenvalue weighted by molar-refractivity contribution is 6.30. The number of hydrogen-bond acceptors (Lipinski definition) is 3. The average molecular weight is 341 g/mol. The van der Waals surface area contributed by atoms with Gasteiger partial charge in [0.05, 0.1) is 0 Å². The van der Waals surface area contributed by atoms with Gasteiger partial charge in [0.1, 0.15) is 5.75 Å². The van der Waals surface area contributed by atoms with E-state index in [0.29, 0.717) is 5.02 Å². The molecule has 3 amide bonds. The van der Waals surface area contributed by atoms with E-state index in [1.54, 1.807) is 0 Å². The van der Waals surface area contributed by atoms with Crippen LogP contribution >= 0.6 is 11.6 Å². The number of halogens is 3. The number of nitrogens with one attached hydrogen (secondary N) is 2. The third kappa shape index (κ3) is 5.23. The fraction of sp³-hybridized carbons (Fsp3) is 0.0667. The van der Waals surface area contributed by atoms with E-state index < -0.39 is 18.5 Å². The van der Waals surface area contributed by atoms with Crippen molar-refractivity contribution >= 4 is 29.2 Å². The number of urea groups is 1. The molecule has 2 rings (SSSR count). The average Bonchev–Trinajstić information content (AvgIpc) is 2.47. The number of carbonyl (C=O) groups is 2. The predicted molar refractivity (Wildman–Crippen MR) is 81.0 cm³/mol. The molecule has 8 heteroatoms. The first-order valence-electron chi connectivity index (χ1n) is 6.37. The Hall–Kier alpha value is -2.67. The third-order valence-corrected chi connectivity index (χ3v) is 2.90. The molecule has 5 nitrogen and oxygen atoms in total. The van der Waals surface area contributed by atoms with Gasteiger partial charge in [0, 0.05) is 22.3 Å². The minimum atomic E-state index is -2.97. The Balaban J connectivity index is 1.96. The van der Waals surface area contributed by atoms with Gasteiger partial charge in [0.15, 0.2) is 0 Å². The molecule has 0 atom stereocenters. The molecule has 0 saturated heterocycles. The van der Waals surface area contributed by atoms with Crippen LogP contribution in [0.3, 0.4) is 0 Å². The van der Waals surface area contributed by atoms with Crippen LogP contribution in [0, 0.1) is 0 Å². The number of hydrogen-bond donors (Lipinski definition) is 2. The topological polar surface area (TPSA) is 67.4 Å². The Morgan fingerprint density at radius 1 is 1.09 bits per heavy atom. The zero-order valence-electron chi connectivity index (χ0n) is 11.6. The Kier molecular flexibility index (Phi) is 5.48. The summed E-state index contributed by atoms with van der Waals surface area (Å²) < 4.78 is 28.5. The Bertz CT molecular complexity index is 708. The molecular formula is C15H11ClF2N2O3. The molecule has 2 aromatic carbocycles. The largest absolute Gasteiger partial charge is 0.435 e. The number of benzene rings is 2. The minimum Gasteiger partial charge on any atom is -0.435 e.